The number of amides is 1. The average molecular weight is 455 g/mol. The van der Waals surface area contributed by atoms with Gasteiger partial charge >= 0.3 is 5.97 Å². The molecule has 8 nitrogen and oxygen atoms in total. The lowest BCUT2D eigenvalue weighted by molar-refractivity contribution is -0.123. The molecule has 1 amide bonds. The highest BCUT2D eigenvalue weighted by atomic mass is 16.5. The Labute approximate surface area is 195 Å². The van der Waals surface area contributed by atoms with Crippen molar-refractivity contribution in [2.24, 2.45) is 5.10 Å². The fourth-order valence-electron chi connectivity index (χ4n) is 3.17. The van der Waals surface area contributed by atoms with E-state index in [0.29, 0.717) is 22.6 Å². The van der Waals surface area contributed by atoms with E-state index >= 15 is 0 Å². The van der Waals surface area contributed by atoms with E-state index in [2.05, 4.69) is 15.5 Å². The number of hydrogen-bond acceptors (Lipinski definition) is 6. The van der Waals surface area contributed by atoms with Crippen molar-refractivity contribution in [3.05, 3.63) is 102 Å². The summed E-state index contributed by atoms with van der Waals surface area (Å²) in [4.78, 5) is 27.4. The Bertz CT molecular complexity index is 1330. The van der Waals surface area contributed by atoms with E-state index in [4.69, 9.17) is 14.6 Å². The minimum absolute atomic E-state index is 0.211. The second kappa shape index (κ2) is 10.7. The van der Waals surface area contributed by atoms with Crippen molar-refractivity contribution >= 4 is 29.0 Å². The minimum atomic E-state index is -0.977. The summed E-state index contributed by atoms with van der Waals surface area (Å²) in [7, 11) is 0. The quantitative estimate of drug-likeness (QED) is 0.291. The molecule has 34 heavy (non-hydrogen) atoms. The van der Waals surface area contributed by atoms with Crippen LogP contribution in [0.3, 0.4) is 0 Å². The summed E-state index contributed by atoms with van der Waals surface area (Å²) >= 11 is 0. The lowest BCUT2D eigenvalue weighted by Crippen LogP contribution is -2.24. The van der Waals surface area contributed by atoms with E-state index in [9.17, 15) is 9.59 Å². The highest BCUT2D eigenvalue weighted by molar-refractivity contribution is 5.88. The van der Waals surface area contributed by atoms with E-state index in [1.807, 2.05) is 36.4 Å². The number of rotatable bonds is 9. The number of para-hydroxylation sites is 2. The molecule has 3 aromatic carbocycles. The molecule has 0 atom stereocenters. The Balaban J connectivity index is 1.32. The van der Waals surface area contributed by atoms with Crippen molar-refractivity contribution in [2.75, 3.05) is 6.61 Å². The zero-order valence-electron chi connectivity index (χ0n) is 18.0. The van der Waals surface area contributed by atoms with Gasteiger partial charge in [0.2, 0.25) is 0 Å². The van der Waals surface area contributed by atoms with Crippen molar-refractivity contribution < 1.29 is 24.2 Å². The van der Waals surface area contributed by atoms with Crippen LogP contribution < -0.4 is 14.9 Å². The van der Waals surface area contributed by atoms with Gasteiger partial charge in [-0.2, -0.15) is 5.10 Å². The zero-order valence-corrected chi connectivity index (χ0v) is 18.0. The van der Waals surface area contributed by atoms with Gasteiger partial charge in [0, 0.05) is 17.1 Å². The number of pyridine rings is 1. The summed E-state index contributed by atoms with van der Waals surface area (Å²) in [5, 5.41) is 13.9. The predicted molar refractivity (Wildman–Crippen MR) is 127 cm³/mol. The van der Waals surface area contributed by atoms with Gasteiger partial charge in [-0.3, -0.25) is 9.78 Å². The maximum atomic E-state index is 12.2. The predicted octanol–water partition coefficient (Wildman–Crippen LogP) is 4.04. The summed E-state index contributed by atoms with van der Waals surface area (Å²) in [6, 6.07) is 23.0. The lowest BCUT2D eigenvalue weighted by Gasteiger charge is -2.09. The van der Waals surface area contributed by atoms with Crippen LogP contribution in [0.25, 0.3) is 10.9 Å². The zero-order chi connectivity index (χ0) is 23.8. The molecule has 0 saturated heterocycles. The van der Waals surface area contributed by atoms with E-state index in [1.165, 1.54) is 18.3 Å². The molecule has 0 aliphatic rings. The van der Waals surface area contributed by atoms with Crippen LogP contribution in [0.4, 0.5) is 0 Å². The number of carbonyl (C=O) groups is 2. The molecule has 8 heteroatoms. The van der Waals surface area contributed by atoms with Gasteiger partial charge in [-0.25, -0.2) is 10.2 Å². The first-order valence-corrected chi connectivity index (χ1v) is 10.4. The Morgan fingerprint density at radius 1 is 0.912 bits per heavy atom. The van der Waals surface area contributed by atoms with Crippen LogP contribution in [0.2, 0.25) is 0 Å². The Kier molecular flexibility index (Phi) is 7.09. The third kappa shape index (κ3) is 5.74. The molecule has 4 rings (SSSR count). The van der Waals surface area contributed by atoms with Crippen LogP contribution in [0.1, 0.15) is 21.5 Å². The second-order valence-corrected chi connectivity index (χ2v) is 7.24. The molecule has 1 aromatic heterocycles. The van der Waals surface area contributed by atoms with Gasteiger partial charge in [0.15, 0.2) is 6.61 Å². The minimum Gasteiger partial charge on any atom is -0.488 e. The highest BCUT2D eigenvalue weighted by Crippen LogP contribution is 2.22. The van der Waals surface area contributed by atoms with Gasteiger partial charge in [-0.05, 0) is 42.0 Å². The maximum absolute atomic E-state index is 12.2. The normalized spacial score (nSPS) is 10.8. The summed E-state index contributed by atoms with van der Waals surface area (Å²) in [6.07, 6.45) is 3.16. The third-order valence-electron chi connectivity index (χ3n) is 4.86. The Morgan fingerprint density at radius 2 is 1.68 bits per heavy atom. The summed E-state index contributed by atoms with van der Waals surface area (Å²) in [6.45, 7) is 0.0432. The van der Waals surface area contributed by atoms with Crippen LogP contribution in [0.5, 0.6) is 11.5 Å². The number of aromatic nitrogens is 1. The number of carboxylic acid groups (broad SMARTS) is 1. The SMILES string of the molecule is O=C(COc1cccc2cccnc12)N/N=C\c1ccccc1OCc1ccc(C(=O)O)cc1. The van der Waals surface area contributed by atoms with E-state index in [-0.39, 0.29) is 18.8 Å². The van der Waals surface area contributed by atoms with Gasteiger partial charge < -0.3 is 14.6 Å². The molecule has 0 spiro atoms. The largest absolute Gasteiger partial charge is 0.488 e. The second-order valence-electron chi connectivity index (χ2n) is 7.24. The first-order chi connectivity index (χ1) is 16.6. The van der Waals surface area contributed by atoms with Gasteiger partial charge in [-0.1, -0.05) is 42.5 Å². The smallest absolute Gasteiger partial charge is 0.335 e. The molecular formula is C26H21N3O5. The van der Waals surface area contributed by atoms with Crippen molar-refractivity contribution in [1.82, 2.24) is 10.4 Å². The molecule has 170 valence electrons. The number of hydrazone groups is 1. The number of fused-ring (bicyclic) bond motifs is 1. The molecule has 0 unspecified atom stereocenters. The van der Waals surface area contributed by atoms with Crippen LogP contribution >= 0.6 is 0 Å². The average Bonchev–Trinajstić information content (AvgIpc) is 2.87. The first kappa shape index (κ1) is 22.5. The molecule has 1 heterocycles. The van der Waals surface area contributed by atoms with E-state index in [0.717, 1.165) is 10.9 Å². The molecule has 0 aliphatic heterocycles. The number of carboxylic acids is 1. The van der Waals surface area contributed by atoms with Crippen LogP contribution in [0, 0.1) is 0 Å². The number of carbonyl (C=O) groups excluding carboxylic acids is 1. The van der Waals surface area contributed by atoms with E-state index < -0.39 is 11.9 Å². The van der Waals surface area contributed by atoms with Gasteiger partial charge in [0.05, 0.1) is 11.8 Å². The summed E-state index contributed by atoms with van der Waals surface area (Å²) < 4.78 is 11.5. The molecule has 0 fully saturated rings. The number of nitrogens with zero attached hydrogens (tertiary/aromatic N) is 2. The molecular weight excluding hydrogens is 434 g/mol. The number of aromatic carboxylic acids is 1. The van der Waals surface area contributed by atoms with Crippen LogP contribution in [-0.4, -0.2) is 34.8 Å². The highest BCUT2D eigenvalue weighted by Gasteiger charge is 2.07. The van der Waals surface area contributed by atoms with Crippen LogP contribution in [-0.2, 0) is 11.4 Å². The molecule has 0 bridgehead atoms. The van der Waals surface area contributed by atoms with E-state index in [1.54, 1.807) is 36.5 Å². The first-order valence-electron chi connectivity index (χ1n) is 10.4. The number of ether oxygens (including phenoxy) is 2. The Morgan fingerprint density at radius 3 is 2.50 bits per heavy atom. The topological polar surface area (TPSA) is 110 Å². The number of hydrogen-bond donors (Lipinski definition) is 2. The van der Waals surface area contributed by atoms with Gasteiger partial charge in [0.25, 0.3) is 5.91 Å². The Hall–Kier alpha value is -4.72. The lowest BCUT2D eigenvalue weighted by atomic mass is 10.1. The standard InChI is InChI=1S/C26H21N3O5/c30-24(17-34-23-9-3-6-19-7-4-14-27-25(19)23)29-28-15-21-5-1-2-8-22(21)33-16-18-10-12-20(13-11-18)26(31)32/h1-15H,16-17H2,(H,29,30)(H,31,32)/b28-15-. The number of nitrogens with one attached hydrogen (secondary N) is 1. The molecule has 2 N–H and O–H groups in total. The van der Waals surface area contributed by atoms with Gasteiger partial charge in [0.1, 0.15) is 23.6 Å². The van der Waals surface area contributed by atoms with Crippen molar-refractivity contribution in [3.8, 4) is 11.5 Å². The maximum Gasteiger partial charge on any atom is 0.335 e. The van der Waals surface area contributed by atoms with Gasteiger partial charge in [-0.15, -0.1) is 0 Å². The molecule has 4 aromatic rings. The van der Waals surface area contributed by atoms with Crippen molar-refractivity contribution in [2.45, 2.75) is 6.61 Å². The monoisotopic (exact) mass is 455 g/mol. The molecule has 0 saturated carbocycles. The fourth-order valence-corrected chi connectivity index (χ4v) is 3.17. The van der Waals surface area contributed by atoms with Crippen LogP contribution in [0.15, 0.2) is 90.2 Å². The summed E-state index contributed by atoms with van der Waals surface area (Å²) in [5.41, 5.74) is 4.84. The third-order valence-corrected chi connectivity index (χ3v) is 4.86. The number of benzene rings is 3. The molecule has 0 aliphatic carbocycles. The van der Waals surface area contributed by atoms with Crippen molar-refractivity contribution in [3.63, 3.8) is 0 Å². The fraction of sp³-hybridized carbons (Fsp3) is 0.0769. The molecule has 0 radical (unpaired) electrons. The van der Waals surface area contributed by atoms with Crippen molar-refractivity contribution in [1.29, 1.82) is 0 Å². The summed E-state index contributed by atoms with van der Waals surface area (Å²) in [5.74, 6) is -0.301.